The Morgan fingerprint density at radius 2 is 1.59 bits per heavy atom. The molecule has 2 heterocycles. The number of alkyl carbamates (subject to hydrolysis) is 1. The van der Waals surface area contributed by atoms with Gasteiger partial charge in [-0.3, -0.25) is 4.79 Å². The fourth-order valence-corrected chi connectivity index (χ4v) is 3.65. The maximum absolute atomic E-state index is 15.3. The van der Waals surface area contributed by atoms with E-state index in [4.69, 9.17) is 19.9 Å². The molecule has 0 radical (unpaired) electrons. The molecule has 39 heavy (non-hydrogen) atoms. The molecule has 0 aliphatic heterocycles. The number of nitrogens with one attached hydrogen (secondary N) is 3. The minimum atomic E-state index is -0.886. The summed E-state index contributed by atoms with van der Waals surface area (Å²) in [5, 5.41) is 8.81. The first-order valence-corrected chi connectivity index (χ1v) is 12.1. The van der Waals surface area contributed by atoms with Gasteiger partial charge in [-0.25, -0.2) is 14.2 Å². The molecule has 3 aromatic rings. The number of amides is 2. The van der Waals surface area contributed by atoms with E-state index in [2.05, 4.69) is 25.9 Å². The SMILES string of the molecule is COc1cc(Nc2nc(N[C@H](c3ccccc3)[C@H](C)NC(=O)OC(C)(C)C)c(F)cc2C(N)=O)cc(OC)n1. The average Bonchev–Trinajstić information content (AvgIpc) is 2.87. The van der Waals surface area contributed by atoms with E-state index in [-0.39, 0.29) is 29.0 Å². The third-order valence-corrected chi connectivity index (χ3v) is 5.40. The Morgan fingerprint density at radius 1 is 0.974 bits per heavy atom. The molecule has 0 saturated heterocycles. The summed E-state index contributed by atoms with van der Waals surface area (Å²) in [6, 6.07) is 12.0. The molecule has 5 N–H and O–H groups in total. The smallest absolute Gasteiger partial charge is 0.407 e. The van der Waals surface area contributed by atoms with Crippen molar-refractivity contribution in [3.63, 3.8) is 0 Å². The highest BCUT2D eigenvalue weighted by Crippen LogP contribution is 2.30. The van der Waals surface area contributed by atoms with Crippen molar-refractivity contribution in [1.82, 2.24) is 15.3 Å². The van der Waals surface area contributed by atoms with Crippen molar-refractivity contribution in [3.8, 4) is 11.8 Å². The Bertz CT molecular complexity index is 1290. The number of ether oxygens (including phenoxy) is 3. The third kappa shape index (κ3) is 7.94. The Hall–Kier alpha value is -4.61. The van der Waals surface area contributed by atoms with Crippen molar-refractivity contribution in [2.45, 2.75) is 45.4 Å². The molecule has 2 aromatic heterocycles. The van der Waals surface area contributed by atoms with Gasteiger partial charge in [-0.2, -0.15) is 4.98 Å². The largest absolute Gasteiger partial charge is 0.481 e. The van der Waals surface area contributed by atoms with Gasteiger partial charge < -0.3 is 35.9 Å². The molecular formula is C27H33FN6O5. The number of aromatic nitrogens is 2. The van der Waals surface area contributed by atoms with Gasteiger partial charge in [-0.15, -0.1) is 0 Å². The summed E-state index contributed by atoms with van der Waals surface area (Å²) in [5.74, 6) is -1.41. The van der Waals surface area contributed by atoms with Crippen LogP contribution < -0.4 is 31.2 Å². The predicted octanol–water partition coefficient (Wildman–Crippen LogP) is 4.54. The van der Waals surface area contributed by atoms with Crippen LogP contribution in [0.2, 0.25) is 0 Å². The minimum absolute atomic E-state index is 0.0127. The number of primary amides is 1. The lowest BCUT2D eigenvalue weighted by Gasteiger charge is -2.29. The minimum Gasteiger partial charge on any atom is -0.481 e. The summed E-state index contributed by atoms with van der Waals surface area (Å²) in [7, 11) is 2.88. The first-order chi connectivity index (χ1) is 18.4. The normalized spacial score (nSPS) is 12.6. The molecule has 0 fully saturated rings. The summed E-state index contributed by atoms with van der Waals surface area (Å²) >= 11 is 0. The van der Waals surface area contributed by atoms with E-state index in [0.717, 1.165) is 11.6 Å². The Labute approximate surface area is 226 Å². The van der Waals surface area contributed by atoms with Gasteiger partial charge in [0.1, 0.15) is 11.4 Å². The van der Waals surface area contributed by atoms with Crippen LogP contribution in [0.4, 0.5) is 26.5 Å². The second kappa shape index (κ2) is 12.3. The first kappa shape index (κ1) is 29.0. The van der Waals surface area contributed by atoms with Crippen molar-refractivity contribution in [2.24, 2.45) is 5.73 Å². The summed E-state index contributed by atoms with van der Waals surface area (Å²) < 4.78 is 31.0. The number of hydrogen-bond acceptors (Lipinski definition) is 9. The van der Waals surface area contributed by atoms with E-state index in [1.807, 2.05) is 30.3 Å². The predicted molar refractivity (Wildman–Crippen MR) is 145 cm³/mol. The molecule has 12 heteroatoms. The van der Waals surface area contributed by atoms with Gasteiger partial charge in [0.05, 0.1) is 37.6 Å². The zero-order valence-electron chi connectivity index (χ0n) is 22.7. The number of nitrogens with zero attached hydrogens (tertiary/aromatic N) is 2. The Balaban J connectivity index is 1.99. The molecule has 0 aliphatic rings. The van der Waals surface area contributed by atoms with Crippen molar-refractivity contribution < 1.29 is 28.2 Å². The van der Waals surface area contributed by atoms with Crippen LogP contribution in [0.15, 0.2) is 48.5 Å². The van der Waals surface area contributed by atoms with Crippen LogP contribution in [-0.4, -0.2) is 47.8 Å². The fraction of sp³-hybridized carbons (Fsp3) is 0.333. The molecular weight excluding hydrogens is 507 g/mol. The monoisotopic (exact) mass is 540 g/mol. The van der Waals surface area contributed by atoms with Gasteiger partial charge in [0.2, 0.25) is 11.8 Å². The van der Waals surface area contributed by atoms with Crippen molar-refractivity contribution in [3.05, 3.63) is 65.5 Å². The van der Waals surface area contributed by atoms with Gasteiger partial charge in [0, 0.05) is 12.1 Å². The maximum atomic E-state index is 15.3. The topological polar surface area (TPSA) is 150 Å². The second-order valence-corrected chi connectivity index (χ2v) is 9.61. The lowest BCUT2D eigenvalue weighted by Crippen LogP contribution is -2.42. The van der Waals surface area contributed by atoms with Crippen LogP contribution in [-0.2, 0) is 4.74 Å². The van der Waals surface area contributed by atoms with Crippen molar-refractivity contribution in [2.75, 3.05) is 24.9 Å². The molecule has 11 nitrogen and oxygen atoms in total. The first-order valence-electron chi connectivity index (χ1n) is 12.1. The second-order valence-electron chi connectivity index (χ2n) is 9.61. The molecule has 0 unspecified atom stereocenters. The lowest BCUT2D eigenvalue weighted by atomic mass is 10.0. The molecule has 2 atom stereocenters. The lowest BCUT2D eigenvalue weighted by molar-refractivity contribution is 0.0503. The van der Waals surface area contributed by atoms with Gasteiger partial charge in [0.15, 0.2) is 11.6 Å². The van der Waals surface area contributed by atoms with Crippen LogP contribution in [0.5, 0.6) is 11.8 Å². The van der Waals surface area contributed by atoms with E-state index in [1.54, 1.807) is 39.8 Å². The summed E-state index contributed by atoms with van der Waals surface area (Å²) in [5.41, 5.74) is 5.80. The van der Waals surface area contributed by atoms with Crippen LogP contribution in [0.3, 0.4) is 0 Å². The Morgan fingerprint density at radius 3 is 2.13 bits per heavy atom. The number of rotatable bonds is 10. The summed E-state index contributed by atoms with van der Waals surface area (Å²) in [4.78, 5) is 33.1. The number of pyridine rings is 2. The number of anilines is 3. The molecule has 208 valence electrons. The highest BCUT2D eigenvalue weighted by Gasteiger charge is 2.26. The zero-order chi connectivity index (χ0) is 28.7. The number of hydrogen-bond donors (Lipinski definition) is 4. The van der Waals surface area contributed by atoms with Gasteiger partial charge in [0.25, 0.3) is 5.91 Å². The maximum Gasteiger partial charge on any atom is 0.407 e. The number of halogens is 1. The van der Waals surface area contributed by atoms with Crippen LogP contribution >= 0.6 is 0 Å². The van der Waals surface area contributed by atoms with E-state index >= 15 is 4.39 Å². The molecule has 0 bridgehead atoms. The molecule has 0 aliphatic carbocycles. The molecule has 1 aromatic carbocycles. The molecule has 0 saturated carbocycles. The number of carbonyl (C=O) groups is 2. The zero-order valence-corrected chi connectivity index (χ0v) is 22.7. The number of benzene rings is 1. The van der Waals surface area contributed by atoms with Gasteiger partial charge in [-0.05, 0) is 39.3 Å². The summed E-state index contributed by atoms with van der Waals surface area (Å²) in [6.45, 7) is 7.02. The van der Waals surface area contributed by atoms with E-state index in [1.165, 1.54) is 14.2 Å². The van der Waals surface area contributed by atoms with Crippen LogP contribution in [0.25, 0.3) is 0 Å². The van der Waals surface area contributed by atoms with Crippen LogP contribution in [0, 0.1) is 5.82 Å². The molecule has 2 amide bonds. The number of nitrogens with two attached hydrogens (primary N) is 1. The van der Waals surface area contributed by atoms with Crippen molar-refractivity contribution >= 4 is 29.3 Å². The highest BCUT2D eigenvalue weighted by molar-refractivity contribution is 5.98. The quantitative estimate of drug-likeness (QED) is 0.291. The van der Waals surface area contributed by atoms with Gasteiger partial charge >= 0.3 is 6.09 Å². The van der Waals surface area contributed by atoms with E-state index in [0.29, 0.717) is 5.69 Å². The Kier molecular flexibility index (Phi) is 9.12. The summed E-state index contributed by atoms with van der Waals surface area (Å²) in [6.07, 6.45) is -0.627. The fourth-order valence-electron chi connectivity index (χ4n) is 3.65. The van der Waals surface area contributed by atoms with E-state index in [9.17, 15) is 9.59 Å². The van der Waals surface area contributed by atoms with Gasteiger partial charge in [-0.1, -0.05) is 30.3 Å². The average molecular weight is 541 g/mol. The van der Waals surface area contributed by atoms with E-state index < -0.39 is 35.5 Å². The standard InChI is InChI=1S/C27H33FN6O5/c1-15(30-26(36)39-27(2,3)4)22(16-10-8-7-9-11-16)33-25-19(28)14-18(23(29)35)24(34-25)31-17-12-20(37-5)32-21(13-17)38-6/h7-15,22H,1-6H3,(H2,29,35)(H,30,36)(H2,31,32,33,34)/t15-,22-/m0/s1. The van der Waals surface area contributed by atoms with Crippen LogP contribution in [0.1, 0.15) is 49.7 Å². The molecule has 0 spiro atoms. The third-order valence-electron chi connectivity index (χ3n) is 5.40. The van der Waals surface area contributed by atoms with Crippen molar-refractivity contribution in [1.29, 1.82) is 0 Å². The molecule has 3 rings (SSSR count). The number of methoxy groups -OCH3 is 2. The highest BCUT2D eigenvalue weighted by atomic mass is 19.1. The number of carbonyl (C=O) groups excluding carboxylic acids is 2.